The summed E-state index contributed by atoms with van der Waals surface area (Å²) in [6, 6.07) is 12.3. The van der Waals surface area contributed by atoms with Crippen molar-refractivity contribution in [3.8, 4) is 5.75 Å². The van der Waals surface area contributed by atoms with Crippen LogP contribution >= 0.6 is 0 Å². The van der Waals surface area contributed by atoms with Crippen molar-refractivity contribution in [1.29, 1.82) is 0 Å². The van der Waals surface area contributed by atoms with Gasteiger partial charge < -0.3 is 15.3 Å². The first kappa shape index (κ1) is 13.8. The van der Waals surface area contributed by atoms with E-state index in [2.05, 4.69) is 43.4 Å². The molecule has 0 bridgehead atoms. The Balaban J connectivity index is 2.18. The maximum atomic E-state index is 10.1. The number of phenolic OH excluding ortho intramolecular Hbond substituents is 1. The molecule has 1 atom stereocenters. The summed E-state index contributed by atoms with van der Waals surface area (Å²) in [5.74, 6) is 0.364. The summed E-state index contributed by atoms with van der Waals surface area (Å²) < 4.78 is 0. The van der Waals surface area contributed by atoms with Crippen molar-refractivity contribution < 1.29 is 5.11 Å². The minimum Gasteiger partial charge on any atom is -0.508 e. The zero-order chi connectivity index (χ0) is 13.8. The lowest BCUT2D eigenvalue weighted by Crippen LogP contribution is -2.35. The predicted molar refractivity (Wildman–Crippen MR) is 80.5 cm³/mol. The van der Waals surface area contributed by atoms with Gasteiger partial charge in [0.15, 0.2) is 0 Å². The third-order valence-corrected chi connectivity index (χ3v) is 3.28. The van der Waals surface area contributed by atoms with Crippen LogP contribution in [0.4, 0.5) is 0 Å². The normalized spacial score (nSPS) is 13.1. The van der Waals surface area contributed by atoms with E-state index in [1.807, 2.05) is 18.2 Å². The molecular formula is C16H22N2O. The molecule has 0 aliphatic carbocycles. The Morgan fingerprint density at radius 1 is 1.16 bits per heavy atom. The van der Waals surface area contributed by atoms with Gasteiger partial charge in [-0.1, -0.05) is 30.3 Å². The SMILES string of the molecule is CC(CN(C)C)NCc1c(O)ccc2ccccc12. The van der Waals surface area contributed by atoms with Crippen LogP contribution in [-0.4, -0.2) is 36.7 Å². The first-order valence-corrected chi connectivity index (χ1v) is 6.65. The molecular weight excluding hydrogens is 236 g/mol. The molecule has 19 heavy (non-hydrogen) atoms. The van der Waals surface area contributed by atoms with Gasteiger partial charge in [-0.2, -0.15) is 0 Å². The number of aromatic hydroxyl groups is 1. The molecule has 0 aliphatic rings. The standard InChI is InChI=1S/C16H22N2O/c1-12(11-18(2)3)17-10-15-14-7-5-4-6-13(14)8-9-16(15)19/h4-9,12,17,19H,10-11H2,1-3H3. The van der Waals surface area contributed by atoms with Crippen LogP contribution in [0.2, 0.25) is 0 Å². The average molecular weight is 258 g/mol. The number of nitrogens with one attached hydrogen (secondary N) is 1. The zero-order valence-electron chi connectivity index (χ0n) is 11.9. The number of benzene rings is 2. The number of phenols is 1. The van der Waals surface area contributed by atoms with E-state index in [-0.39, 0.29) is 0 Å². The maximum absolute atomic E-state index is 10.1. The molecule has 3 heteroatoms. The second-order valence-electron chi connectivity index (χ2n) is 5.33. The molecule has 2 rings (SSSR count). The van der Waals surface area contributed by atoms with Gasteiger partial charge in [0, 0.05) is 24.7 Å². The third kappa shape index (κ3) is 3.46. The topological polar surface area (TPSA) is 35.5 Å². The smallest absolute Gasteiger partial charge is 0.120 e. The minimum absolute atomic E-state index is 0.364. The van der Waals surface area contributed by atoms with Crippen molar-refractivity contribution in [2.45, 2.75) is 19.5 Å². The molecule has 0 saturated carbocycles. The van der Waals surface area contributed by atoms with Crippen LogP contribution < -0.4 is 5.32 Å². The molecule has 0 fully saturated rings. The number of rotatable bonds is 5. The van der Waals surface area contributed by atoms with Crippen LogP contribution in [-0.2, 0) is 6.54 Å². The summed E-state index contributed by atoms with van der Waals surface area (Å²) in [4.78, 5) is 2.15. The fourth-order valence-electron chi connectivity index (χ4n) is 2.40. The van der Waals surface area contributed by atoms with Gasteiger partial charge in [0.2, 0.25) is 0 Å². The summed E-state index contributed by atoms with van der Waals surface area (Å²) in [7, 11) is 4.13. The van der Waals surface area contributed by atoms with E-state index in [1.54, 1.807) is 6.07 Å². The highest BCUT2D eigenvalue weighted by molar-refractivity contribution is 5.87. The van der Waals surface area contributed by atoms with Gasteiger partial charge in [0.25, 0.3) is 0 Å². The average Bonchev–Trinajstić information content (AvgIpc) is 2.36. The summed E-state index contributed by atoms with van der Waals surface area (Å²) in [6.45, 7) is 3.82. The third-order valence-electron chi connectivity index (χ3n) is 3.28. The van der Waals surface area contributed by atoms with Gasteiger partial charge in [-0.25, -0.2) is 0 Å². The molecule has 3 nitrogen and oxygen atoms in total. The van der Waals surface area contributed by atoms with Crippen LogP contribution in [0.5, 0.6) is 5.75 Å². The fourth-order valence-corrected chi connectivity index (χ4v) is 2.40. The molecule has 0 heterocycles. The summed E-state index contributed by atoms with van der Waals surface area (Å²) in [5.41, 5.74) is 0.976. The van der Waals surface area contributed by atoms with Crippen molar-refractivity contribution in [1.82, 2.24) is 10.2 Å². The van der Waals surface area contributed by atoms with Crippen molar-refractivity contribution in [2.75, 3.05) is 20.6 Å². The van der Waals surface area contributed by atoms with E-state index in [0.717, 1.165) is 22.9 Å². The molecule has 102 valence electrons. The van der Waals surface area contributed by atoms with Gasteiger partial charge in [-0.05, 0) is 37.9 Å². The van der Waals surface area contributed by atoms with Crippen LogP contribution in [0, 0.1) is 0 Å². The van der Waals surface area contributed by atoms with Crippen molar-refractivity contribution in [2.24, 2.45) is 0 Å². The largest absolute Gasteiger partial charge is 0.508 e. The fraction of sp³-hybridized carbons (Fsp3) is 0.375. The molecule has 0 aliphatic heterocycles. The van der Waals surface area contributed by atoms with Gasteiger partial charge in [-0.3, -0.25) is 0 Å². The lowest BCUT2D eigenvalue weighted by Gasteiger charge is -2.19. The van der Waals surface area contributed by atoms with Crippen molar-refractivity contribution in [3.63, 3.8) is 0 Å². The molecule has 2 aromatic rings. The van der Waals surface area contributed by atoms with Crippen LogP contribution in [0.25, 0.3) is 10.8 Å². The molecule has 0 radical (unpaired) electrons. The van der Waals surface area contributed by atoms with Gasteiger partial charge in [-0.15, -0.1) is 0 Å². The summed E-state index contributed by atoms with van der Waals surface area (Å²) in [6.07, 6.45) is 0. The first-order chi connectivity index (χ1) is 9.08. The Hall–Kier alpha value is -1.58. The first-order valence-electron chi connectivity index (χ1n) is 6.65. The van der Waals surface area contributed by atoms with E-state index < -0.39 is 0 Å². The van der Waals surface area contributed by atoms with E-state index in [9.17, 15) is 5.11 Å². The highest BCUT2D eigenvalue weighted by Crippen LogP contribution is 2.26. The predicted octanol–water partition coefficient (Wildman–Crippen LogP) is 2.59. The molecule has 0 aromatic heterocycles. The Morgan fingerprint density at radius 2 is 1.89 bits per heavy atom. The summed E-state index contributed by atoms with van der Waals surface area (Å²) >= 11 is 0. The lowest BCUT2D eigenvalue weighted by molar-refractivity contribution is 0.348. The van der Waals surface area contributed by atoms with Gasteiger partial charge in [0.1, 0.15) is 5.75 Å². The number of likely N-dealkylation sites (N-methyl/N-ethyl adjacent to an activating group) is 1. The van der Waals surface area contributed by atoms with E-state index in [0.29, 0.717) is 18.3 Å². The van der Waals surface area contributed by atoms with Gasteiger partial charge >= 0.3 is 0 Å². The van der Waals surface area contributed by atoms with E-state index in [4.69, 9.17) is 0 Å². The number of fused-ring (bicyclic) bond motifs is 1. The molecule has 2 aromatic carbocycles. The maximum Gasteiger partial charge on any atom is 0.120 e. The molecule has 0 amide bonds. The Morgan fingerprint density at radius 3 is 2.63 bits per heavy atom. The van der Waals surface area contributed by atoms with Gasteiger partial charge in [0.05, 0.1) is 0 Å². The minimum atomic E-state index is 0.364. The van der Waals surface area contributed by atoms with Crippen molar-refractivity contribution in [3.05, 3.63) is 42.0 Å². The number of hydrogen-bond acceptors (Lipinski definition) is 3. The second kappa shape index (κ2) is 6.04. The Kier molecular flexibility index (Phi) is 4.40. The number of hydrogen-bond donors (Lipinski definition) is 2. The summed E-state index contributed by atoms with van der Waals surface area (Å²) in [5, 5.41) is 15.8. The Labute approximate surface area is 114 Å². The van der Waals surface area contributed by atoms with E-state index >= 15 is 0 Å². The molecule has 0 spiro atoms. The molecule has 1 unspecified atom stereocenters. The highest BCUT2D eigenvalue weighted by Gasteiger charge is 2.08. The van der Waals surface area contributed by atoms with E-state index in [1.165, 1.54) is 0 Å². The second-order valence-corrected chi connectivity index (χ2v) is 5.33. The zero-order valence-corrected chi connectivity index (χ0v) is 11.9. The van der Waals surface area contributed by atoms with Crippen molar-refractivity contribution >= 4 is 10.8 Å². The van der Waals surface area contributed by atoms with Crippen LogP contribution in [0.3, 0.4) is 0 Å². The molecule has 2 N–H and O–H groups in total. The van der Waals surface area contributed by atoms with Crippen LogP contribution in [0.1, 0.15) is 12.5 Å². The number of nitrogens with zero attached hydrogens (tertiary/aromatic N) is 1. The quantitative estimate of drug-likeness (QED) is 0.865. The lowest BCUT2D eigenvalue weighted by atomic mass is 10.0. The monoisotopic (exact) mass is 258 g/mol. The molecule has 0 saturated heterocycles. The highest BCUT2D eigenvalue weighted by atomic mass is 16.3. The Bertz CT molecular complexity index is 551. The van der Waals surface area contributed by atoms with Crippen LogP contribution in [0.15, 0.2) is 36.4 Å².